The molecular formula is C28H22N6O3S. The largest absolute Gasteiger partial charge is 0.496 e. The fourth-order valence-electron chi connectivity index (χ4n) is 4.51. The smallest absolute Gasteiger partial charge is 0.259 e. The number of methoxy groups -OCH3 is 1. The summed E-state index contributed by atoms with van der Waals surface area (Å²) in [4.78, 5) is 37.1. The molecular weight excluding hydrogens is 500 g/mol. The number of rotatable bonds is 6. The van der Waals surface area contributed by atoms with Gasteiger partial charge in [-0.1, -0.05) is 41.7 Å². The van der Waals surface area contributed by atoms with Crippen LogP contribution in [0.15, 0.2) is 73.1 Å². The second-order valence-electron chi connectivity index (χ2n) is 8.71. The maximum atomic E-state index is 13.2. The van der Waals surface area contributed by atoms with Crippen LogP contribution in [0.5, 0.6) is 5.75 Å². The Kier molecular flexibility index (Phi) is 6.22. The fraction of sp³-hybridized carbons (Fsp3) is 0.143. The van der Waals surface area contributed by atoms with Gasteiger partial charge in [0, 0.05) is 35.3 Å². The molecule has 1 aliphatic rings. The van der Waals surface area contributed by atoms with Gasteiger partial charge >= 0.3 is 0 Å². The van der Waals surface area contributed by atoms with Gasteiger partial charge in [-0.05, 0) is 36.8 Å². The van der Waals surface area contributed by atoms with Crippen LogP contribution in [0.25, 0.3) is 32.7 Å². The standard InChI is InChI=1S/C28H22N6O3S/c1-37-24-6-3-2-5-19(24)20-15-29-30-16-21(20)26(36)33-28-32-23-13-12-22(31-27(23)38-28)17-8-10-18(11-9-17)34-14-4-7-25(34)35/h2-3,5-6,8-13,15-16H,4,7,14H2,1H3,(H,32,33,36). The van der Waals surface area contributed by atoms with E-state index < -0.39 is 0 Å². The third-order valence-corrected chi connectivity index (χ3v) is 7.28. The lowest BCUT2D eigenvalue weighted by Gasteiger charge is -2.15. The first-order valence-corrected chi connectivity index (χ1v) is 12.9. The fourth-order valence-corrected chi connectivity index (χ4v) is 5.35. The number of carbonyl (C=O) groups excluding carboxylic acids is 2. The summed E-state index contributed by atoms with van der Waals surface area (Å²) in [6.45, 7) is 0.758. The van der Waals surface area contributed by atoms with E-state index in [2.05, 4.69) is 20.5 Å². The first-order valence-electron chi connectivity index (χ1n) is 12.0. The van der Waals surface area contributed by atoms with Crippen LogP contribution in [-0.4, -0.2) is 45.6 Å². The van der Waals surface area contributed by atoms with Gasteiger partial charge in [0.05, 0.1) is 30.8 Å². The Morgan fingerprint density at radius 1 is 0.974 bits per heavy atom. The van der Waals surface area contributed by atoms with Crippen molar-refractivity contribution in [1.82, 2.24) is 20.2 Å². The van der Waals surface area contributed by atoms with Gasteiger partial charge in [0.25, 0.3) is 5.91 Å². The van der Waals surface area contributed by atoms with Crippen LogP contribution in [0.3, 0.4) is 0 Å². The molecule has 0 atom stereocenters. The molecule has 1 aliphatic heterocycles. The van der Waals surface area contributed by atoms with E-state index in [1.807, 2.05) is 65.6 Å². The molecule has 3 aromatic heterocycles. The van der Waals surface area contributed by atoms with Crippen LogP contribution < -0.4 is 15.0 Å². The van der Waals surface area contributed by atoms with Crippen molar-refractivity contribution in [2.75, 3.05) is 23.9 Å². The van der Waals surface area contributed by atoms with Crippen LogP contribution in [0.2, 0.25) is 0 Å². The number of para-hydroxylation sites is 1. The van der Waals surface area contributed by atoms with Crippen LogP contribution in [-0.2, 0) is 4.79 Å². The number of aromatic nitrogens is 4. The molecule has 188 valence electrons. The number of hydrogen-bond acceptors (Lipinski definition) is 8. The Bertz CT molecular complexity index is 1670. The van der Waals surface area contributed by atoms with Gasteiger partial charge in [0.15, 0.2) is 5.13 Å². The van der Waals surface area contributed by atoms with Crippen molar-refractivity contribution in [3.63, 3.8) is 0 Å². The Labute approximate surface area is 222 Å². The number of anilines is 2. The molecule has 0 aliphatic carbocycles. The molecule has 2 amide bonds. The summed E-state index contributed by atoms with van der Waals surface area (Å²) >= 11 is 1.29. The maximum absolute atomic E-state index is 13.2. The zero-order chi connectivity index (χ0) is 26.1. The molecule has 9 nitrogen and oxygen atoms in total. The SMILES string of the molecule is COc1ccccc1-c1cnncc1C(=O)Nc1nc2ccc(-c3ccc(N4CCCC4=O)cc3)nc2s1. The van der Waals surface area contributed by atoms with Crippen molar-refractivity contribution in [2.45, 2.75) is 12.8 Å². The van der Waals surface area contributed by atoms with Crippen molar-refractivity contribution in [3.05, 3.63) is 78.6 Å². The van der Waals surface area contributed by atoms with E-state index in [0.29, 0.717) is 38.8 Å². The summed E-state index contributed by atoms with van der Waals surface area (Å²) in [6.07, 6.45) is 4.47. The van der Waals surface area contributed by atoms with Crippen molar-refractivity contribution in [1.29, 1.82) is 0 Å². The first kappa shape index (κ1) is 23.7. The number of nitrogens with zero attached hydrogens (tertiary/aromatic N) is 5. The maximum Gasteiger partial charge on any atom is 0.259 e. The van der Waals surface area contributed by atoms with E-state index in [9.17, 15) is 9.59 Å². The molecule has 5 aromatic rings. The number of nitrogens with one attached hydrogen (secondary N) is 1. The molecule has 0 saturated carbocycles. The highest BCUT2D eigenvalue weighted by atomic mass is 32.1. The minimum absolute atomic E-state index is 0.161. The molecule has 6 rings (SSSR count). The molecule has 0 spiro atoms. The van der Waals surface area contributed by atoms with Gasteiger partial charge < -0.3 is 9.64 Å². The number of benzene rings is 2. The predicted octanol–water partition coefficient (Wildman–Crippen LogP) is 5.20. The second-order valence-corrected chi connectivity index (χ2v) is 9.68. The molecule has 0 bridgehead atoms. The van der Waals surface area contributed by atoms with E-state index in [1.165, 1.54) is 17.5 Å². The number of ether oxygens (including phenoxy) is 1. The summed E-state index contributed by atoms with van der Waals surface area (Å²) in [5, 5.41) is 11.2. The summed E-state index contributed by atoms with van der Waals surface area (Å²) < 4.78 is 5.46. The average molecular weight is 523 g/mol. The molecule has 1 N–H and O–H groups in total. The number of thiazole rings is 1. The lowest BCUT2D eigenvalue weighted by molar-refractivity contribution is -0.117. The van der Waals surface area contributed by atoms with Gasteiger partial charge in [-0.2, -0.15) is 10.2 Å². The quantitative estimate of drug-likeness (QED) is 0.326. The van der Waals surface area contributed by atoms with Gasteiger partial charge in [-0.25, -0.2) is 9.97 Å². The Hall–Kier alpha value is -4.70. The van der Waals surface area contributed by atoms with Crippen LogP contribution in [0.4, 0.5) is 10.8 Å². The molecule has 0 radical (unpaired) electrons. The molecule has 1 saturated heterocycles. The average Bonchev–Trinajstić information content (AvgIpc) is 3.57. The van der Waals surface area contributed by atoms with Gasteiger partial charge in [0.2, 0.25) is 5.91 Å². The van der Waals surface area contributed by atoms with E-state index >= 15 is 0 Å². The number of pyridine rings is 1. The van der Waals surface area contributed by atoms with Crippen molar-refractivity contribution >= 4 is 44.3 Å². The molecule has 1 fully saturated rings. The zero-order valence-corrected chi connectivity index (χ0v) is 21.2. The number of fused-ring (bicyclic) bond motifs is 1. The van der Waals surface area contributed by atoms with Crippen molar-refractivity contribution in [3.8, 4) is 28.1 Å². The summed E-state index contributed by atoms with van der Waals surface area (Å²) in [5.74, 6) is 0.438. The monoisotopic (exact) mass is 522 g/mol. The van der Waals surface area contributed by atoms with Crippen LogP contribution in [0.1, 0.15) is 23.2 Å². The number of hydrogen-bond donors (Lipinski definition) is 1. The third-order valence-electron chi connectivity index (χ3n) is 6.40. The highest BCUT2D eigenvalue weighted by molar-refractivity contribution is 7.22. The lowest BCUT2D eigenvalue weighted by Crippen LogP contribution is -2.23. The van der Waals surface area contributed by atoms with Crippen LogP contribution >= 0.6 is 11.3 Å². The molecule has 10 heteroatoms. The lowest BCUT2D eigenvalue weighted by atomic mass is 10.0. The molecule has 0 unspecified atom stereocenters. The van der Waals surface area contributed by atoms with E-state index in [4.69, 9.17) is 9.72 Å². The predicted molar refractivity (Wildman–Crippen MR) is 146 cm³/mol. The zero-order valence-electron chi connectivity index (χ0n) is 20.4. The van der Waals surface area contributed by atoms with Crippen molar-refractivity contribution in [2.24, 2.45) is 0 Å². The number of carbonyl (C=O) groups is 2. The Morgan fingerprint density at radius 2 is 1.79 bits per heavy atom. The summed E-state index contributed by atoms with van der Waals surface area (Å²) in [6, 6.07) is 19.0. The number of amides is 2. The molecule has 38 heavy (non-hydrogen) atoms. The van der Waals surface area contributed by atoms with E-state index in [-0.39, 0.29) is 11.8 Å². The molecule has 2 aromatic carbocycles. The van der Waals surface area contributed by atoms with Gasteiger partial charge in [0.1, 0.15) is 16.1 Å². The van der Waals surface area contributed by atoms with E-state index in [0.717, 1.165) is 35.5 Å². The first-order chi connectivity index (χ1) is 18.6. The minimum atomic E-state index is -0.355. The van der Waals surface area contributed by atoms with Gasteiger partial charge in [-0.15, -0.1) is 0 Å². The molecule has 4 heterocycles. The minimum Gasteiger partial charge on any atom is -0.496 e. The summed E-state index contributed by atoms with van der Waals surface area (Å²) in [7, 11) is 1.58. The Morgan fingerprint density at radius 3 is 2.58 bits per heavy atom. The normalized spacial score (nSPS) is 13.2. The van der Waals surface area contributed by atoms with Crippen LogP contribution in [0, 0.1) is 0 Å². The summed E-state index contributed by atoms with van der Waals surface area (Å²) in [5.41, 5.74) is 5.01. The van der Waals surface area contributed by atoms with E-state index in [1.54, 1.807) is 13.3 Å². The highest BCUT2D eigenvalue weighted by Gasteiger charge is 2.22. The Balaban J connectivity index is 1.24. The van der Waals surface area contributed by atoms with Gasteiger partial charge in [-0.3, -0.25) is 14.9 Å². The highest BCUT2D eigenvalue weighted by Crippen LogP contribution is 2.33. The van der Waals surface area contributed by atoms with Crippen molar-refractivity contribution < 1.29 is 14.3 Å². The second kappa shape index (κ2) is 9.98. The third kappa shape index (κ3) is 4.46. The topological polar surface area (TPSA) is 110 Å².